The summed E-state index contributed by atoms with van der Waals surface area (Å²) in [6, 6.07) is 20.9. The lowest BCUT2D eigenvalue weighted by atomic mass is 9.77. The van der Waals surface area contributed by atoms with Crippen LogP contribution in [0, 0.1) is 22.3 Å². The van der Waals surface area contributed by atoms with Crippen molar-refractivity contribution in [3.05, 3.63) is 98.6 Å². The Labute approximate surface area is 209 Å². The Bertz CT molecular complexity index is 1380. The maximum atomic E-state index is 13.8. The van der Waals surface area contributed by atoms with Crippen LogP contribution in [0.25, 0.3) is 0 Å². The summed E-state index contributed by atoms with van der Waals surface area (Å²) < 4.78 is 7.21. The first-order valence-electron chi connectivity index (χ1n) is 10.9. The highest BCUT2D eigenvalue weighted by Crippen LogP contribution is 2.57. The maximum absolute atomic E-state index is 13.8. The summed E-state index contributed by atoms with van der Waals surface area (Å²) in [6.45, 7) is 1.91. The smallest absolute Gasteiger partial charge is 0.241 e. The minimum absolute atomic E-state index is 0.226. The molecule has 1 spiro atoms. The molecule has 34 heavy (non-hydrogen) atoms. The number of halogens is 1. The topological polar surface area (TPSA) is 80.8 Å². The number of amides is 2. The van der Waals surface area contributed by atoms with Crippen LogP contribution >= 0.6 is 22.6 Å². The number of ketones is 2. The lowest BCUT2D eigenvalue weighted by Gasteiger charge is -2.27. The maximum Gasteiger partial charge on any atom is 0.241 e. The summed E-state index contributed by atoms with van der Waals surface area (Å²) in [6.07, 6.45) is -0.908. The monoisotopic (exact) mass is 563 g/mol. The predicted molar refractivity (Wildman–Crippen MR) is 131 cm³/mol. The van der Waals surface area contributed by atoms with Crippen molar-refractivity contribution in [1.29, 1.82) is 0 Å². The molecule has 2 amide bonds. The zero-order valence-corrected chi connectivity index (χ0v) is 20.2. The second-order valence-electron chi connectivity index (χ2n) is 8.88. The highest BCUT2D eigenvalue weighted by molar-refractivity contribution is 14.1. The molecular formula is C27H18INO5. The second-order valence-corrected chi connectivity index (χ2v) is 10.1. The SMILES string of the molecule is Cc1ccc(N2C(=O)[C@H]3[C@@H](c4cccc(I)c4)OC4(C(=O)c5ccccc5C4=O)[C@@H]3C2=O)cc1. The van der Waals surface area contributed by atoms with Crippen LogP contribution in [0.15, 0.2) is 72.8 Å². The van der Waals surface area contributed by atoms with Gasteiger partial charge >= 0.3 is 0 Å². The molecule has 168 valence electrons. The van der Waals surface area contributed by atoms with Crippen molar-refractivity contribution in [3.63, 3.8) is 0 Å². The number of anilines is 1. The summed E-state index contributed by atoms with van der Waals surface area (Å²) in [7, 11) is 0. The van der Waals surface area contributed by atoms with Crippen molar-refractivity contribution < 1.29 is 23.9 Å². The zero-order valence-electron chi connectivity index (χ0n) is 18.0. The molecule has 6 rings (SSSR count). The molecule has 0 bridgehead atoms. The van der Waals surface area contributed by atoms with E-state index in [1.807, 2.05) is 37.3 Å². The van der Waals surface area contributed by atoms with Gasteiger partial charge in [-0.25, -0.2) is 4.90 Å². The molecule has 0 unspecified atom stereocenters. The van der Waals surface area contributed by atoms with Crippen LogP contribution in [0.1, 0.15) is 37.9 Å². The molecule has 2 heterocycles. The van der Waals surface area contributed by atoms with E-state index in [9.17, 15) is 19.2 Å². The van der Waals surface area contributed by atoms with Gasteiger partial charge in [0, 0.05) is 14.7 Å². The van der Waals surface area contributed by atoms with Gasteiger partial charge in [0.2, 0.25) is 29.0 Å². The first-order chi connectivity index (χ1) is 16.3. The number of rotatable bonds is 2. The van der Waals surface area contributed by atoms with E-state index >= 15 is 0 Å². The molecule has 3 aromatic rings. The Kier molecular flexibility index (Phi) is 4.66. The van der Waals surface area contributed by atoms with Crippen LogP contribution in [0.3, 0.4) is 0 Å². The van der Waals surface area contributed by atoms with Crippen LogP contribution in [0.2, 0.25) is 0 Å². The lowest BCUT2D eigenvalue weighted by molar-refractivity contribution is -0.127. The summed E-state index contributed by atoms with van der Waals surface area (Å²) >= 11 is 2.15. The Morgan fingerprint density at radius 1 is 0.824 bits per heavy atom. The zero-order chi connectivity index (χ0) is 23.8. The van der Waals surface area contributed by atoms with E-state index in [-0.39, 0.29) is 11.1 Å². The van der Waals surface area contributed by atoms with E-state index in [4.69, 9.17) is 4.74 Å². The number of nitrogens with zero attached hydrogens (tertiary/aromatic N) is 1. The summed E-state index contributed by atoms with van der Waals surface area (Å²) in [4.78, 5) is 56.2. The van der Waals surface area contributed by atoms with Crippen molar-refractivity contribution in [2.75, 3.05) is 4.90 Å². The fraction of sp³-hybridized carbons (Fsp3) is 0.185. The van der Waals surface area contributed by atoms with Crippen LogP contribution in [0.4, 0.5) is 5.69 Å². The predicted octanol–water partition coefficient (Wildman–Crippen LogP) is 4.29. The van der Waals surface area contributed by atoms with E-state index in [0.29, 0.717) is 11.3 Å². The van der Waals surface area contributed by atoms with E-state index in [2.05, 4.69) is 22.6 Å². The summed E-state index contributed by atoms with van der Waals surface area (Å²) in [5.41, 5.74) is 0.458. The van der Waals surface area contributed by atoms with E-state index in [1.54, 1.807) is 42.5 Å². The van der Waals surface area contributed by atoms with Gasteiger partial charge in [-0.05, 0) is 59.3 Å². The third-order valence-corrected chi connectivity index (χ3v) is 7.66. The average Bonchev–Trinajstić information content (AvgIpc) is 3.40. The molecule has 0 N–H and O–H groups in total. The Morgan fingerprint density at radius 2 is 1.47 bits per heavy atom. The number of imide groups is 1. The normalized spacial score (nSPS) is 24.8. The number of hydrogen-bond donors (Lipinski definition) is 0. The third-order valence-electron chi connectivity index (χ3n) is 6.99. The molecule has 2 aliphatic heterocycles. The van der Waals surface area contributed by atoms with Gasteiger partial charge in [0.25, 0.3) is 0 Å². The number of Topliss-reactive ketones (excluding diaryl/α,β-unsaturated/α-hetero) is 2. The second kappa shape index (κ2) is 7.41. The van der Waals surface area contributed by atoms with Crippen molar-refractivity contribution in [2.45, 2.75) is 18.6 Å². The molecule has 2 saturated heterocycles. The van der Waals surface area contributed by atoms with Crippen molar-refractivity contribution >= 4 is 51.7 Å². The van der Waals surface area contributed by atoms with Gasteiger partial charge < -0.3 is 4.74 Å². The molecular weight excluding hydrogens is 545 g/mol. The summed E-state index contributed by atoms with van der Waals surface area (Å²) in [5.74, 6) is -4.38. The Balaban J connectivity index is 1.55. The van der Waals surface area contributed by atoms with Gasteiger partial charge in [-0.2, -0.15) is 0 Å². The molecule has 6 nitrogen and oxygen atoms in total. The number of fused-ring (bicyclic) bond motifs is 3. The molecule has 1 aliphatic carbocycles. The quantitative estimate of drug-likeness (QED) is 0.264. The number of benzene rings is 3. The van der Waals surface area contributed by atoms with E-state index in [1.165, 1.54) is 0 Å². The molecule has 7 heteroatoms. The molecule has 3 aromatic carbocycles. The van der Waals surface area contributed by atoms with Gasteiger partial charge in [0.15, 0.2) is 0 Å². The van der Waals surface area contributed by atoms with Crippen molar-refractivity contribution in [1.82, 2.24) is 0 Å². The van der Waals surface area contributed by atoms with Crippen LogP contribution in [-0.2, 0) is 14.3 Å². The highest BCUT2D eigenvalue weighted by atomic mass is 127. The molecule has 3 aliphatic rings. The number of ether oxygens (including phenoxy) is 1. The Hall–Kier alpha value is -3.17. The van der Waals surface area contributed by atoms with E-state index in [0.717, 1.165) is 14.0 Å². The van der Waals surface area contributed by atoms with Crippen LogP contribution in [0.5, 0.6) is 0 Å². The number of carbonyl (C=O) groups excluding carboxylic acids is 4. The molecule has 0 saturated carbocycles. The third kappa shape index (κ3) is 2.71. The minimum atomic E-state index is -2.05. The number of hydrogen-bond acceptors (Lipinski definition) is 5. The van der Waals surface area contributed by atoms with Gasteiger partial charge in [-0.15, -0.1) is 0 Å². The molecule has 3 atom stereocenters. The minimum Gasteiger partial charge on any atom is -0.349 e. The number of aryl methyl sites for hydroxylation is 1. The molecule has 0 aromatic heterocycles. The van der Waals surface area contributed by atoms with Crippen LogP contribution in [-0.4, -0.2) is 29.0 Å². The lowest BCUT2D eigenvalue weighted by Crippen LogP contribution is -2.51. The molecule has 2 fully saturated rings. The van der Waals surface area contributed by atoms with Crippen molar-refractivity contribution in [2.24, 2.45) is 11.8 Å². The largest absolute Gasteiger partial charge is 0.349 e. The fourth-order valence-electron chi connectivity index (χ4n) is 5.45. The van der Waals surface area contributed by atoms with Gasteiger partial charge in [-0.3, -0.25) is 19.2 Å². The number of carbonyl (C=O) groups is 4. The Morgan fingerprint density at radius 3 is 2.09 bits per heavy atom. The first kappa shape index (κ1) is 21.4. The fourth-order valence-corrected chi connectivity index (χ4v) is 6.02. The standard InChI is InChI=1S/C27H18INO5/c1-14-9-11-17(12-10-14)29-25(32)20-21(26(29)33)27(34-22(20)15-5-4-6-16(28)13-15)23(30)18-7-2-3-8-19(18)24(27)31/h2-13,20-22H,1H3/t20-,21+,22-/m1/s1. The van der Waals surface area contributed by atoms with Gasteiger partial charge in [-0.1, -0.05) is 54.1 Å². The van der Waals surface area contributed by atoms with E-state index < -0.39 is 46.9 Å². The first-order valence-corrected chi connectivity index (χ1v) is 12.0. The highest BCUT2D eigenvalue weighted by Gasteiger charge is 2.74. The summed E-state index contributed by atoms with van der Waals surface area (Å²) in [5, 5.41) is 0. The van der Waals surface area contributed by atoms with Crippen LogP contribution < -0.4 is 4.90 Å². The van der Waals surface area contributed by atoms with Gasteiger partial charge in [0.05, 0.1) is 23.6 Å². The van der Waals surface area contributed by atoms with Gasteiger partial charge in [0.1, 0.15) is 0 Å². The van der Waals surface area contributed by atoms with Crippen molar-refractivity contribution in [3.8, 4) is 0 Å². The molecule has 0 radical (unpaired) electrons. The average molecular weight is 563 g/mol.